The van der Waals surface area contributed by atoms with Crippen LogP contribution in [0.2, 0.25) is 0 Å². The van der Waals surface area contributed by atoms with Crippen molar-refractivity contribution in [2.24, 2.45) is 11.3 Å². The molecule has 3 aliphatic heterocycles. The Morgan fingerprint density at radius 1 is 1.06 bits per heavy atom. The Hall–Kier alpha value is -2.48. The fourth-order valence-electron chi connectivity index (χ4n) is 8.86. The molecule has 3 saturated carbocycles. The van der Waals surface area contributed by atoms with Gasteiger partial charge in [0, 0.05) is 11.5 Å². The quantitative estimate of drug-likeness (QED) is 0.705. The van der Waals surface area contributed by atoms with E-state index < -0.39 is 23.0 Å². The number of aromatic hydroxyl groups is 1. The first-order chi connectivity index (χ1) is 15.4. The van der Waals surface area contributed by atoms with E-state index in [-0.39, 0.29) is 28.9 Å². The molecule has 0 aromatic heterocycles. The topological polar surface area (TPSA) is 88.5 Å². The number of hydrogen-bond acceptors (Lipinski definition) is 7. The molecule has 172 valence electrons. The van der Waals surface area contributed by atoms with E-state index in [0.717, 1.165) is 44.3 Å². The number of piperidine rings is 1. The summed E-state index contributed by atoms with van der Waals surface area (Å²) >= 11 is 0. The zero-order valence-corrected chi connectivity index (χ0v) is 18.8. The van der Waals surface area contributed by atoms with Crippen LogP contribution in [0.25, 0.3) is 0 Å². The van der Waals surface area contributed by atoms with Crippen molar-refractivity contribution in [1.29, 1.82) is 0 Å². The van der Waals surface area contributed by atoms with Gasteiger partial charge in [-0.25, -0.2) is 4.79 Å². The predicted molar refractivity (Wildman–Crippen MR) is 115 cm³/mol. The van der Waals surface area contributed by atoms with E-state index in [2.05, 4.69) is 4.90 Å². The molecule has 5 atom stereocenters. The summed E-state index contributed by atoms with van der Waals surface area (Å²) in [5.41, 5.74) is 0.315. The fraction of sp³-hybridized carbons (Fsp3) is 0.667. The van der Waals surface area contributed by atoms with Crippen molar-refractivity contribution >= 4 is 17.7 Å². The smallest absolute Gasteiger partial charge is 0.414 e. The van der Waals surface area contributed by atoms with Gasteiger partial charge in [-0.1, -0.05) is 6.07 Å². The van der Waals surface area contributed by atoms with E-state index in [1.165, 1.54) is 21.3 Å². The predicted octanol–water partition coefficient (Wildman–Crippen LogP) is 2.81. The summed E-state index contributed by atoms with van der Waals surface area (Å²) in [6.45, 7) is 1.97. The van der Waals surface area contributed by atoms with Gasteiger partial charge in [-0.2, -0.15) is 0 Å². The van der Waals surface area contributed by atoms with Gasteiger partial charge >= 0.3 is 12.1 Å². The Kier molecular flexibility index (Phi) is 3.97. The number of benzene rings is 1. The Morgan fingerprint density at radius 2 is 1.88 bits per heavy atom. The molecule has 2 bridgehead atoms. The zero-order valence-electron chi connectivity index (χ0n) is 18.8. The number of ether oxygens (including phenoxy) is 3. The summed E-state index contributed by atoms with van der Waals surface area (Å²) in [6.07, 6.45) is 4.90. The van der Waals surface area contributed by atoms with Crippen LogP contribution in [0.3, 0.4) is 0 Å². The monoisotopic (exact) mass is 442 g/mol. The van der Waals surface area contributed by atoms with Crippen LogP contribution in [-0.4, -0.2) is 68.1 Å². The molecule has 1 aromatic rings. The first-order valence-electron chi connectivity index (χ1n) is 11.5. The van der Waals surface area contributed by atoms with Gasteiger partial charge in [-0.05, 0) is 68.7 Å². The lowest BCUT2D eigenvalue weighted by atomic mass is 9.38. The molecule has 0 unspecified atom stereocenters. The minimum Gasteiger partial charge on any atom is -0.504 e. The Balaban J connectivity index is 1.73. The van der Waals surface area contributed by atoms with Crippen molar-refractivity contribution in [3.63, 3.8) is 0 Å². The number of methoxy groups -OCH3 is 3. The molecule has 2 saturated heterocycles. The summed E-state index contributed by atoms with van der Waals surface area (Å²) in [5, 5.41) is 10.7. The minimum atomic E-state index is -0.810. The van der Waals surface area contributed by atoms with Gasteiger partial charge in [0.2, 0.25) is 0 Å². The van der Waals surface area contributed by atoms with Crippen molar-refractivity contribution in [2.45, 2.75) is 55.5 Å². The van der Waals surface area contributed by atoms with E-state index in [0.29, 0.717) is 18.5 Å². The summed E-state index contributed by atoms with van der Waals surface area (Å²) < 4.78 is 16.3. The summed E-state index contributed by atoms with van der Waals surface area (Å²) in [5.74, 6) is -0.491. The molecule has 1 aromatic carbocycles. The Bertz CT molecular complexity index is 1030. The molecule has 1 amide bonds. The molecule has 1 N–H and O–H groups in total. The van der Waals surface area contributed by atoms with Crippen molar-refractivity contribution in [2.75, 3.05) is 39.3 Å². The normalized spacial score (nSPS) is 38.7. The number of nitrogens with zero attached hydrogens (tertiary/aromatic N) is 2. The second-order valence-electron chi connectivity index (χ2n) is 10.1. The van der Waals surface area contributed by atoms with Gasteiger partial charge in [0.15, 0.2) is 11.5 Å². The highest BCUT2D eigenvalue weighted by Gasteiger charge is 2.82. The molecule has 32 heavy (non-hydrogen) atoms. The van der Waals surface area contributed by atoms with Crippen molar-refractivity contribution in [3.8, 4) is 11.5 Å². The molecule has 7 rings (SSSR count). The zero-order chi connectivity index (χ0) is 22.5. The van der Waals surface area contributed by atoms with E-state index in [1.54, 1.807) is 11.0 Å². The number of carbonyl (C=O) groups excluding carboxylic acids is 2. The number of amides is 1. The van der Waals surface area contributed by atoms with Crippen molar-refractivity contribution in [1.82, 2.24) is 4.90 Å². The van der Waals surface area contributed by atoms with Gasteiger partial charge in [0.1, 0.15) is 0 Å². The molecule has 3 heterocycles. The number of esters is 1. The first kappa shape index (κ1) is 20.1. The maximum absolute atomic E-state index is 13.5. The number of hydrogen-bond donors (Lipinski definition) is 1. The largest absolute Gasteiger partial charge is 0.504 e. The van der Waals surface area contributed by atoms with E-state index in [4.69, 9.17) is 14.2 Å². The van der Waals surface area contributed by atoms with Crippen LogP contribution in [0.1, 0.15) is 44.1 Å². The van der Waals surface area contributed by atoms with Crippen LogP contribution in [0.4, 0.5) is 10.5 Å². The second kappa shape index (κ2) is 6.31. The van der Waals surface area contributed by atoms with Gasteiger partial charge in [0.25, 0.3) is 0 Å². The van der Waals surface area contributed by atoms with Crippen LogP contribution in [-0.2, 0) is 19.7 Å². The standard InChI is InChI=1S/C24H30N2O6/c1-30-18-16(27)6-5-14-17(18)26(21(29)32-3)24-9-8-22(13-15(24)19(28)31-2)7-4-11-25-12-10-23(14,24)20(22)25/h5-6,15,20,27H,4,7-13H2,1-3H3/t15-,20+,22-,23-,24-/m1/s1. The molecular formula is C24H30N2O6. The van der Waals surface area contributed by atoms with E-state index in [9.17, 15) is 14.7 Å². The Morgan fingerprint density at radius 3 is 2.59 bits per heavy atom. The molecule has 8 heteroatoms. The van der Waals surface area contributed by atoms with Crippen LogP contribution >= 0.6 is 0 Å². The van der Waals surface area contributed by atoms with Crippen LogP contribution in [0, 0.1) is 11.3 Å². The molecule has 8 nitrogen and oxygen atoms in total. The number of carbonyl (C=O) groups is 2. The van der Waals surface area contributed by atoms with Crippen LogP contribution in [0.5, 0.6) is 11.5 Å². The summed E-state index contributed by atoms with van der Waals surface area (Å²) in [7, 11) is 4.30. The van der Waals surface area contributed by atoms with Gasteiger partial charge < -0.3 is 19.3 Å². The maximum Gasteiger partial charge on any atom is 0.414 e. The molecule has 3 aliphatic carbocycles. The number of phenolic OH excluding ortho intramolecular Hbond substituents is 1. The van der Waals surface area contributed by atoms with Gasteiger partial charge in [-0.15, -0.1) is 0 Å². The van der Waals surface area contributed by atoms with Crippen molar-refractivity contribution in [3.05, 3.63) is 17.7 Å². The highest BCUT2D eigenvalue weighted by Crippen LogP contribution is 2.77. The summed E-state index contributed by atoms with van der Waals surface area (Å²) in [4.78, 5) is 31.1. The first-order valence-corrected chi connectivity index (χ1v) is 11.5. The second-order valence-corrected chi connectivity index (χ2v) is 10.1. The number of anilines is 1. The SMILES string of the molecule is COC(=O)[C@H]1C[C@@]23CCCN4CC[C@@]5(c6ccc(O)c(OC)c6N(C(=O)OC)[C@]15CC2)[C@@H]43. The molecule has 3 spiro atoms. The molecule has 0 radical (unpaired) electrons. The van der Waals surface area contributed by atoms with Crippen LogP contribution in [0.15, 0.2) is 12.1 Å². The molecular weight excluding hydrogens is 412 g/mol. The highest BCUT2D eigenvalue weighted by atomic mass is 16.5. The van der Waals surface area contributed by atoms with E-state index >= 15 is 0 Å². The average Bonchev–Trinajstić information content (AvgIpc) is 3.33. The third-order valence-corrected chi connectivity index (χ3v) is 9.55. The number of fused-ring (bicyclic) bond motifs is 3. The van der Waals surface area contributed by atoms with E-state index in [1.807, 2.05) is 6.07 Å². The lowest BCUT2D eigenvalue weighted by Gasteiger charge is -2.69. The molecule has 6 aliphatic rings. The van der Waals surface area contributed by atoms with Crippen LogP contribution < -0.4 is 9.64 Å². The van der Waals surface area contributed by atoms with Gasteiger partial charge in [-0.3, -0.25) is 14.6 Å². The summed E-state index contributed by atoms with van der Waals surface area (Å²) in [6, 6.07) is 3.84. The number of rotatable bonds is 2. The van der Waals surface area contributed by atoms with Gasteiger partial charge in [0.05, 0.1) is 38.5 Å². The highest BCUT2D eigenvalue weighted by molar-refractivity contribution is 5.99. The lowest BCUT2D eigenvalue weighted by molar-refractivity contribution is -0.174. The number of phenols is 1. The average molecular weight is 443 g/mol. The third-order valence-electron chi connectivity index (χ3n) is 9.55. The molecule has 5 fully saturated rings. The lowest BCUT2D eigenvalue weighted by Crippen LogP contribution is -2.79. The third kappa shape index (κ3) is 1.92. The van der Waals surface area contributed by atoms with Crippen molar-refractivity contribution < 1.29 is 28.9 Å². The Labute approximate surface area is 187 Å². The maximum atomic E-state index is 13.5. The fourth-order valence-corrected chi connectivity index (χ4v) is 8.86. The minimum absolute atomic E-state index is 0.0177.